The predicted octanol–water partition coefficient (Wildman–Crippen LogP) is 2.60. The molecule has 0 saturated heterocycles. The number of hydrogen-bond donors (Lipinski definition) is 1. The molecule has 0 aliphatic heterocycles. The second-order valence-corrected chi connectivity index (χ2v) is 7.21. The summed E-state index contributed by atoms with van der Waals surface area (Å²) in [5, 5.41) is 10.7. The SMILES string of the molecule is O=C(O)c1ccc(F)c(S(=O)(=O)CCc2cccs2)c1. The molecule has 2 rings (SSSR count). The van der Waals surface area contributed by atoms with Crippen molar-refractivity contribution in [3.8, 4) is 0 Å². The van der Waals surface area contributed by atoms with Crippen LogP contribution in [-0.2, 0) is 16.3 Å². The van der Waals surface area contributed by atoms with Gasteiger partial charge in [0.05, 0.1) is 11.3 Å². The summed E-state index contributed by atoms with van der Waals surface area (Å²) in [6.45, 7) is 0. The van der Waals surface area contributed by atoms with Gasteiger partial charge in [-0.05, 0) is 36.1 Å². The summed E-state index contributed by atoms with van der Waals surface area (Å²) in [5.41, 5.74) is -0.249. The fourth-order valence-electron chi connectivity index (χ4n) is 1.67. The highest BCUT2D eigenvalue weighted by atomic mass is 32.2. The van der Waals surface area contributed by atoms with Crippen LogP contribution >= 0.6 is 11.3 Å². The van der Waals surface area contributed by atoms with Gasteiger partial charge in [0.15, 0.2) is 9.84 Å². The molecule has 0 fully saturated rings. The molecule has 20 heavy (non-hydrogen) atoms. The smallest absolute Gasteiger partial charge is 0.335 e. The first kappa shape index (κ1) is 14.7. The third-order valence-electron chi connectivity index (χ3n) is 2.71. The van der Waals surface area contributed by atoms with E-state index in [1.807, 2.05) is 5.38 Å². The fourth-order valence-corrected chi connectivity index (χ4v) is 3.89. The summed E-state index contributed by atoms with van der Waals surface area (Å²) in [4.78, 5) is 11.1. The summed E-state index contributed by atoms with van der Waals surface area (Å²) in [5.74, 6) is -2.48. The molecule has 0 spiro atoms. The Hall–Kier alpha value is -1.73. The highest BCUT2D eigenvalue weighted by Gasteiger charge is 2.21. The van der Waals surface area contributed by atoms with Crippen molar-refractivity contribution in [2.24, 2.45) is 0 Å². The number of carboxylic acid groups (broad SMARTS) is 1. The van der Waals surface area contributed by atoms with Crippen molar-refractivity contribution >= 4 is 27.1 Å². The Kier molecular flexibility index (Phi) is 4.20. The number of aryl methyl sites for hydroxylation is 1. The Morgan fingerprint density at radius 3 is 2.65 bits per heavy atom. The van der Waals surface area contributed by atoms with Gasteiger partial charge in [-0.25, -0.2) is 17.6 Å². The molecule has 0 aliphatic carbocycles. The lowest BCUT2D eigenvalue weighted by atomic mass is 10.2. The zero-order chi connectivity index (χ0) is 14.8. The molecule has 0 radical (unpaired) electrons. The molecular formula is C13H11FO4S2. The standard InChI is InChI=1S/C13H11FO4S2/c14-11-4-3-9(13(15)16)8-12(11)20(17,18)7-5-10-2-1-6-19-10/h1-4,6,8H,5,7H2,(H,15,16). The second kappa shape index (κ2) is 5.72. The van der Waals surface area contributed by atoms with Crippen molar-refractivity contribution in [2.45, 2.75) is 11.3 Å². The van der Waals surface area contributed by atoms with E-state index in [1.54, 1.807) is 12.1 Å². The Morgan fingerprint density at radius 1 is 1.30 bits per heavy atom. The predicted molar refractivity (Wildman–Crippen MR) is 73.4 cm³/mol. The summed E-state index contributed by atoms with van der Waals surface area (Å²) < 4.78 is 37.8. The average Bonchev–Trinajstić information content (AvgIpc) is 2.89. The molecule has 106 valence electrons. The first-order chi connectivity index (χ1) is 9.40. The molecule has 0 atom stereocenters. The minimum Gasteiger partial charge on any atom is -0.478 e. The number of benzene rings is 1. The van der Waals surface area contributed by atoms with Crippen LogP contribution in [0.1, 0.15) is 15.2 Å². The van der Waals surface area contributed by atoms with Crippen LogP contribution in [0.15, 0.2) is 40.6 Å². The van der Waals surface area contributed by atoms with Gasteiger partial charge >= 0.3 is 5.97 Å². The number of hydrogen-bond acceptors (Lipinski definition) is 4. The lowest BCUT2D eigenvalue weighted by Gasteiger charge is -2.06. The molecule has 0 aliphatic rings. The van der Waals surface area contributed by atoms with Gasteiger partial charge in [0.1, 0.15) is 10.7 Å². The number of aromatic carboxylic acids is 1. The minimum atomic E-state index is -3.85. The highest BCUT2D eigenvalue weighted by Crippen LogP contribution is 2.20. The Labute approximate surface area is 119 Å². The van der Waals surface area contributed by atoms with E-state index in [2.05, 4.69) is 0 Å². The molecule has 2 aromatic rings. The first-order valence-corrected chi connectivity index (χ1v) is 8.21. The van der Waals surface area contributed by atoms with Gasteiger partial charge in [0, 0.05) is 4.88 Å². The fraction of sp³-hybridized carbons (Fsp3) is 0.154. The van der Waals surface area contributed by atoms with Crippen LogP contribution < -0.4 is 0 Å². The van der Waals surface area contributed by atoms with Gasteiger partial charge in [0.2, 0.25) is 0 Å². The van der Waals surface area contributed by atoms with E-state index in [0.29, 0.717) is 0 Å². The monoisotopic (exact) mass is 314 g/mol. The van der Waals surface area contributed by atoms with Crippen molar-refractivity contribution in [1.82, 2.24) is 0 Å². The Bertz CT molecular complexity index is 721. The van der Waals surface area contributed by atoms with Crippen LogP contribution in [0, 0.1) is 5.82 Å². The van der Waals surface area contributed by atoms with Crippen LogP contribution in [0.5, 0.6) is 0 Å². The highest BCUT2D eigenvalue weighted by molar-refractivity contribution is 7.91. The summed E-state index contributed by atoms with van der Waals surface area (Å²) in [6.07, 6.45) is 0.275. The van der Waals surface area contributed by atoms with Gasteiger partial charge in [-0.3, -0.25) is 0 Å². The van der Waals surface area contributed by atoms with Gasteiger partial charge in [-0.15, -0.1) is 11.3 Å². The van der Waals surface area contributed by atoms with Gasteiger partial charge in [0.25, 0.3) is 0 Å². The maximum atomic E-state index is 13.6. The number of carbonyl (C=O) groups is 1. The quantitative estimate of drug-likeness (QED) is 0.921. The topological polar surface area (TPSA) is 71.4 Å². The van der Waals surface area contributed by atoms with Crippen LogP contribution in [-0.4, -0.2) is 25.2 Å². The molecule has 1 heterocycles. The van der Waals surface area contributed by atoms with E-state index in [-0.39, 0.29) is 17.7 Å². The summed E-state index contributed by atoms with van der Waals surface area (Å²) in [7, 11) is -3.85. The van der Waals surface area contributed by atoms with E-state index in [9.17, 15) is 17.6 Å². The van der Waals surface area contributed by atoms with Crippen molar-refractivity contribution in [3.05, 3.63) is 52.0 Å². The first-order valence-electron chi connectivity index (χ1n) is 5.68. The van der Waals surface area contributed by atoms with E-state index in [0.717, 1.165) is 23.1 Å². The second-order valence-electron chi connectivity index (χ2n) is 4.10. The third kappa shape index (κ3) is 3.23. The molecule has 1 N–H and O–H groups in total. The van der Waals surface area contributed by atoms with Crippen molar-refractivity contribution in [2.75, 3.05) is 5.75 Å². The maximum Gasteiger partial charge on any atom is 0.335 e. The van der Waals surface area contributed by atoms with Crippen LogP contribution in [0.2, 0.25) is 0 Å². The molecule has 1 aromatic carbocycles. The van der Waals surface area contributed by atoms with Gasteiger partial charge in [-0.1, -0.05) is 6.07 Å². The molecule has 0 amide bonds. The zero-order valence-electron chi connectivity index (χ0n) is 10.2. The summed E-state index contributed by atoms with van der Waals surface area (Å²) in [6, 6.07) is 6.36. The zero-order valence-corrected chi connectivity index (χ0v) is 11.9. The number of thiophene rings is 1. The largest absolute Gasteiger partial charge is 0.478 e. The minimum absolute atomic E-state index is 0.249. The summed E-state index contributed by atoms with van der Waals surface area (Å²) >= 11 is 1.42. The molecule has 0 bridgehead atoms. The molecule has 0 unspecified atom stereocenters. The van der Waals surface area contributed by atoms with Crippen LogP contribution in [0.3, 0.4) is 0 Å². The van der Waals surface area contributed by atoms with Crippen LogP contribution in [0.4, 0.5) is 4.39 Å². The Morgan fingerprint density at radius 2 is 2.05 bits per heavy atom. The van der Waals surface area contributed by atoms with Crippen molar-refractivity contribution in [1.29, 1.82) is 0 Å². The van der Waals surface area contributed by atoms with E-state index in [4.69, 9.17) is 5.11 Å². The van der Waals surface area contributed by atoms with Gasteiger partial charge < -0.3 is 5.11 Å². The number of rotatable bonds is 5. The molecular weight excluding hydrogens is 303 g/mol. The normalized spacial score (nSPS) is 11.4. The molecule has 4 nitrogen and oxygen atoms in total. The third-order valence-corrected chi connectivity index (χ3v) is 5.37. The number of carboxylic acids is 1. The Balaban J connectivity index is 2.28. The lowest BCUT2D eigenvalue weighted by molar-refractivity contribution is 0.0696. The molecule has 7 heteroatoms. The number of halogens is 1. The van der Waals surface area contributed by atoms with E-state index < -0.39 is 26.5 Å². The van der Waals surface area contributed by atoms with E-state index in [1.165, 1.54) is 11.3 Å². The maximum absolute atomic E-state index is 13.6. The van der Waals surface area contributed by atoms with Gasteiger partial charge in [-0.2, -0.15) is 0 Å². The van der Waals surface area contributed by atoms with Crippen LogP contribution in [0.25, 0.3) is 0 Å². The van der Waals surface area contributed by atoms with Crippen molar-refractivity contribution in [3.63, 3.8) is 0 Å². The van der Waals surface area contributed by atoms with Crippen molar-refractivity contribution < 1.29 is 22.7 Å². The van der Waals surface area contributed by atoms with E-state index >= 15 is 0 Å². The molecule has 1 aromatic heterocycles. The average molecular weight is 314 g/mol. The number of sulfone groups is 1. The lowest BCUT2D eigenvalue weighted by Crippen LogP contribution is -2.12. The molecule has 0 saturated carbocycles.